The van der Waals surface area contributed by atoms with Crippen LogP contribution in [0, 0.1) is 5.82 Å². The van der Waals surface area contributed by atoms with Gasteiger partial charge in [0.25, 0.3) is 0 Å². The zero-order valence-corrected chi connectivity index (χ0v) is 12.5. The number of hydrogen-bond donors (Lipinski definition) is 1. The van der Waals surface area contributed by atoms with E-state index in [4.69, 9.17) is 0 Å². The highest BCUT2D eigenvalue weighted by Crippen LogP contribution is 2.22. The fourth-order valence-electron chi connectivity index (χ4n) is 1.55. The van der Waals surface area contributed by atoms with Gasteiger partial charge in [0.05, 0.1) is 6.04 Å². The molecule has 1 rings (SSSR count). The van der Waals surface area contributed by atoms with Crippen molar-refractivity contribution in [3.05, 3.63) is 35.1 Å². The number of halogens is 1. The van der Waals surface area contributed by atoms with Crippen molar-refractivity contribution in [1.82, 2.24) is 4.72 Å². The summed E-state index contributed by atoms with van der Waals surface area (Å²) in [6.45, 7) is 9.54. The molecule has 0 bridgehead atoms. The van der Waals surface area contributed by atoms with Gasteiger partial charge in [-0.2, -0.15) is 0 Å². The van der Waals surface area contributed by atoms with Gasteiger partial charge in [-0.15, -0.1) is 4.72 Å². The molecule has 1 aromatic carbocycles. The summed E-state index contributed by atoms with van der Waals surface area (Å²) in [4.78, 5) is 0. The van der Waals surface area contributed by atoms with Gasteiger partial charge in [-0.05, 0) is 45.7 Å². The molecule has 0 aliphatic carbocycles. The molecule has 0 spiro atoms. The molecule has 0 radical (unpaired) electrons. The summed E-state index contributed by atoms with van der Waals surface area (Å²) in [7, 11) is 0. The Hall–Kier alpha value is -0.580. The predicted molar refractivity (Wildman–Crippen MR) is 75.2 cm³/mol. The first-order valence-electron chi connectivity index (χ1n) is 6.22. The molecule has 0 fully saturated rings. The second-order valence-electron chi connectivity index (χ2n) is 5.43. The molecule has 4 heteroatoms. The highest BCUT2D eigenvalue weighted by Gasteiger charge is 2.29. The van der Waals surface area contributed by atoms with E-state index in [-0.39, 0.29) is 16.6 Å². The predicted octanol–water partition coefficient (Wildman–Crippen LogP) is 3.50. The van der Waals surface area contributed by atoms with Crippen molar-refractivity contribution >= 4 is 11.4 Å². The summed E-state index contributed by atoms with van der Waals surface area (Å²) < 4.78 is 28.4. The van der Waals surface area contributed by atoms with E-state index < -0.39 is 11.4 Å². The minimum atomic E-state index is -1.20. The smallest absolute Gasteiger partial charge is 0.136 e. The number of benzene rings is 1. The van der Waals surface area contributed by atoms with Crippen LogP contribution < -0.4 is 4.72 Å². The van der Waals surface area contributed by atoms with Crippen molar-refractivity contribution in [2.75, 3.05) is 0 Å². The SMILES string of the molecule is CCc1ccc(F)c([C@H](C)N[S+]([O-])C(C)(C)C)c1. The van der Waals surface area contributed by atoms with Gasteiger partial charge in [-0.25, -0.2) is 4.39 Å². The Morgan fingerprint density at radius 3 is 2.50 bits per heavy atom. The van der Waals surface area contributed by atoms with Gasteiger partial charge in [0, 0.05) is 16.9 Å². The zero-order valence-electron chi connectivity index (χ0n) is 11.7. The molecule has 2 atom stereocenters. The zero-order chi connectivity index (χ0) is 13.9. The van der Waals surface area contributed by atoms with Gasteiger partial charge in [0.1, 0.15) is 10.6 Å². The molecule has 0 aliphatic heterocycles. The van der Waals surface area contributed by atoms with Gasteiger partial charge in [0.15, 0.2) is 0 Å². The Bertz CT molecular complexity index is 403. The van der Waals surface area contributed by atoms with Crippen LogP contribution in [0.25, 0.3) is 0 Å². The maximum Gasteiger partial charge on any atom is 0.136 e. The highest BCUT2D eigenvalue weighted by molar-refractivity contribution is 7.90. The average Bonchev–Trinajstić information content (AvgIpc) is 2.28. The Morgan fingerprint density at radius 1 is 1.39 bits per heavy atom. The van der Waals surface area contributed by atoms with Crippen molar-refractivity contribution < 1.29 is 8.94 Å². The molecule has 0 saturated carbocycles. The average molecular weight is 271 g/mol. The topological polar surface area (TPSA) is 35.1 Å². The van der Waals surface area contributed by atoms with Crippen molar-refractivity contribution in [2.24, 2.45) is 0 Å². The summed E-state index contributed by atoms with van der Waals surface area (Å²) in [5.41, 5.74) is 1.66. The van der Waals surface area contributed by atoms with Crippen LogP contribution in [0.1, 0.15) is 51.8 Å². The standard InChI is InChI=1S/C14H22FNOS/c1-6-11-7-8-13(15)12(9-11)10(2)16-18(17)14(3,4)5/h7-10,16H,6H2,1-5H3/t10-,18?/m0/s1. The Labute approximate surface area is 112 Å². The second kappa shape index (κ2) is 6.04. The van der Waals surface area contributed by atoms with Gasteiger partial charge in [-0.3, -0.25) is 0 Å². The molecule has 1 aromatic rings. The van der Waals surface area contributed by atoms with E-state index in [1.165, 1.54) is 6.07 Å². The summed E-state index contributed by atoms with van der Waals surface area (Å²) >= 11 is -1.20. The molecule has 102 valence electrons. The number of rotatable bonds is 4. The van der Waals surface area contributed by atoms with E-state index in [0.717, 1.165) is 12.0 Å². The van der Waals surface area contributed by atoms with E-state index in [1.54, 1.807) is 6.07 Å². The third kappa shape index (κ3) is 3.97. The van der Waals surface area contributed by atoms with Crippen LogP contribution >= 0.6 is 0 Å². The van der Waals surface area contributed by atoms with E-state index in [9.17, 15) is 8.94 Å². The molecule has 18 heavy (non-hydrogen) atoms. The van der Waals surface area contributed by atoms with E-state index in [0.29, 0.717) is 5.56 Å². The molecule has 1 unspecified atom stereocenters. The second-order valence-corrected chi connectivity index (χ2v) is 7.43. The van der Waals surface area contributed by atoms with E-state index in [2.05, 4.69) is 4.72 Å². The quantitative estimate of drug-likeness (QED) is 0.851. The number of hydrogen-bond acceptors (Lipinski definition) is 2. The lowest BCUT2D eigenvalue weighted by Crippen LogP contribution is -2.40. The minimum absolute atomic E-state index is 0.252. The lowest BCUT2D eigenvalue weighted by atomic mass is 10.0. The van der Waals surface area contributed by atoms with Crippen molar-refractivity contribution in [1.29, 1.82) is 0 Å². The molecule has 0 aromatic heterocycles. The first kappa shape index (κ1) is 15.5. The highest BCUT2D eigenvalue weighted by atomic mass is 32.2. The van der Waals surface area contributed by atoms with Crippen LogP contribution in [0.3, 0.4) is 0 Å². The summed E-state index contributed by atoms with van der Waals surface area (Å²) in [5.74, 6) is -0.252. The van der Waals surface area contributed by atoms with Crippen LogP contribution in [0.5, 0.6) is 0 Å². The number of nitrogens with one attached hydrogen (secondary N) is 1. The van der Waals surface area contributed by atoms with Crippen LogP contribution in [0.15, 0.2) is 18.2 Å². The number of aryl methyl sites for hydroxylation is 1. The maximum atomic E-state index is 13.8. The lowest BCUT2D eigenvalue weighted by Gasteiger charge is -2.26. The monoisotopic (exact) mass is 271 g/mol. The molecule has 1 N–H and O–H groups in total. The van der Waals surface area contributed by atoms with Crippen LogP contribution in [-0.2, 0) is 17.8 Å². The van der Waals surface area contributed by atoms with E-state index in [1.807, 2.05) is 40.7 Å². The molecular formula is C14H22FNOS. The van der Waals surface area contributed by atoms with Crippen LogP contribution in [-0.4, -0.2) is 9.30 Å². The summed E-state index contributed by atoms with van der Waals surface area (Å²) in [6, 6.07) is 4.84. The van der Waals surface area contributed by atoms with Gasteiger partial charge in [-0.1, -0.05) is 19.1 Å². The lowest BCUT2D eigenvalue weighted by molar-refractivity contribution is 0.522. The largest absolute Gasteiger partial charge is 0.598 e. The summed E-state index contributed by atoms with van der Waals surface area (Å²) in [5, 5.41) is 0. The van der Waals surface area contributed by atoms with E-state index >= 15 is 0 Å². The Morgan fingerprint density at radius 2 is 2.00 bits per heavy atom. The van der Waals surface area contributed by atoms with Gasteiger partial charge >= 0.3 is 0 Å². The molecule has 2 nitrogen and oxygen atoms in total. The molecule has 0 heterocycles. The third-order valence-electron chi connectivity index (χ3n) is 2.78. The fourth-order valence-corrected chi connectivity index (χ4v) is 2.35. The molecule has 0 saturated heterocycles. The van der Waals surface area contributed by atoms with Crippen molar-refractivity contribution in [3.8, 4) is 0 Å². The minimum Gasteiger partial charge on any atom is -0.598 e. The Kier molecular flexibility index (Phi) is 5.20. The molecule has 0 amide bonds. The van der Waals surface area contributed by atoms with Gasteiger partial charge < -0.3 is 4.55 Å². The first-order valence-corrected chi connectivity index (χ1v) is 7.37. The molecule has 0 aliphatic rings. The molecular weight excluding hydrogens is 249 g/mol. The third-order valence-corrected chi connectivity index (χ3v) is 4.46. The maximum absolute atomic E-state index is 13.8. The first-order chi connectivity index (χ1) is 8.25. The normalized spacial score (nSPS) is 15.5. The van der Waals surface area contributed by atoms with Crippen LogP contribution in [0.4, 0.5) is 4.39 Å². The van der Waals surface area contributed by atoms with Crippen LogP contribution in [0.2, 0.25) is 0 Å². The van der Waals surface area contributed by atoms with Gasteiger partial charge in [0.2, 0.25) is 0 Å². The Balaban J connectivity index is 2.87. The van der Waals surface area contributed by atoms with Crippen molar-refractivity contribution in [3.63, 3.8) is 0 Å². The fraction of sp³-hybridized carbons (Fsp3) is 0.571. The van der Waals surface area contributed by atoms with Crippen molar-refractivity contribution in [2.45, 2.75) is 51.8 Å². The summed E-state index contributed by atoms with van der Waals surface area (Å²) in [6.07, 6.45) is 0.863.